The Labute approximate surface area is 227 Å². The van der Waals surface area contributed by atoms with E-state index >= 15 is 0 Å². The summed E-state index contributed by atoms with van der Waals surface area (Å²) in [6.07, 6.45) is 5.13. The molecular weight excluding hydrogens is 496 g/mol. The van der Waals surface area contributed by atoms with Crippen molar-refractivity contribution in [1.29, 1.82) is 0 Å². The van der Waals surface area contributed by atoms with E-state index in [-0.39, 0.29) is 17.4 Å². The van der Waals surface area contributed by atoms with Gasteiger partial charge in [-0.1, -0.05) is 6.07 Å². The molecule has 39 heavy (non-hydrogen) atoms. The van der Waals surface area contributed by atoms with Crippen LogP contribution in [0.4, 0.5) is 0 Å². The number of rotatable bonds is 5. The number of nitrogens with one attached hydrogen (secondary N) is 1. The minimum atomic E-state index is -1.13. The topological polar surface area (TPSA) is 140 Å². The van der Waals surface area contributed by atoms with E-state index in [0.29, 0.717) is 44.1 Å². The van der Waals surface area contributed by atoms with Gasteiger partial charge in [-0.25, -0.2) is 0 Å². The first kappa shape index (κ1) is 24.8. The van der Waals surface area contributed by atoms with Gasteiger partial charge in [0, 0.05) is 49.6 Å². The minimum absolute atomic E-state index is 0.00970. The highest BCUT2D eigenvalue weighted by Gasteiger charge is 2.70. The summed E-state index contributed by atoms with van der Waals surface area (Å²) in [7, 11) is 0. The number of benzene rings is 1. The molecule has 1 aromatic carbocycles. The lowest BCUT2D eigenvalue weighted by Gasteiger charge is -2.55. The van der Waals surface area contributed by atoms with Gasteiger partial charge in [-0.2, -0.15) is 0 Å². The van der Waals surface area contributed by atoms with Crippen LogP contribution in [-0.2, 0) is 23.1 Å². The maximum atomic E-state index is 13.5. The van der Waals surface area contributed by atoms with Crippen molar-refractivity contribution in [3.8, 4) is 5.75 Å². The lowest BCUT2D eigenvalue weighted by Crippen LogP contribution is -2.68. The number of aromatic amines is 1. The quantitative estimate of drug-likeness (QED) is 0.459. The van der Waals surface area contributed by atoms with E-state index in [1.54, 1.807) is 18.2 Å². The van der Waals surface area contributed by atoms with Crippen molar-refractivity contribution in [2.45, 2.75) is 75.0 Å². The fraction of sp³-hybridized carbons (Fsp3) is 0.567. The molecule has 2 aromatic rings. The number of phenolic OH excluding ortho intramolecular Hbond substituents is 1. The highest BCUT2D eigenvalue weighted by atomic mass is 16.3. The standard InChI is InChI=1S/C30H36N4O5/c1-16-4-7-20(35)10-22(16)29-11-19-15-33(14-17-5-6-17)25(19)30(29,39)12-18-9-21(27(37)32-23(18)13-29)28(38)34-8-2-3-24(34)26(31)36/h4,7,9-10,17,19,24-25,35,39H,2-3,5-6,8,11-15H2,1H3,(H2,31,36)(H,32,37)/t19?,24-,25+,29+,30+/m0/s1. The van der Waals surface area contributed by atoms with Crippen LogP contribution in [0.15, 0.2) is 29.1 Å². The van der Waals surface area contributed by atoms with Crippen LogP contribution >= 0.6 is 0 Å². The summed E-state index contributed by atoms with van der Waals surface area (Å²) < 4.78 is 0. The number of aliphatic hydroxyl groups is 1. The number of primary amides is 1. The smallest absolute Gasteiger partial charge is 0.261 e. The number of aromatic hydroxyl groups is 1. The number of pyridine rings is 1. The predicted molar refractivity (Wildman–Crippen MR) is 143 cm³/mol. The number of H-pyrrole nitrogens is 1. The fourth-order valence-corrected chi connectivity index (χ4v) is 8.47. The molecule has 5 N–H and O–H groups in total. The van der Waals surface area contributed by atoms with Crippen molar-refractivity contribution in [3.63, 3.8) is 0 Å². The van der Waals surface area contributed by atoms with Gasteiger partial charge in [0.05, 0.1) is 5.60 Å². The van der Waals surface area contributed by atoms with E-state index in [1.807, 2.05) is 13.0 Å². The molecule has 1 aromatic heterocycles. The molecule has 3 heterocycles. The number of likely N-dealkylation sites (tertiary alicyclic amines) is 2. The molecule has 5 atom stereocenters. The van der Waals surface area contributed by atoms with Crippen LogP contribution in [0.5, 0.6) is 5.75 Å². The Balaban J connectivity index is 1.32. The summed E-state index contributed by atoms with van der Waals surface area (Å²) in [5.74, 6) is 0.127. The van der Waals surface area contributed by atoms with Crippen molar-refractivity contribution >= 4 is 11.8 Å². The molecule has 2 aliphatic heterocycles. The van der Waals surface area contributed by atoms with Gasteiger partial charge in [-0.15, -0.1) is 0 Å². The number of phenols is 1. The van der Waals surface area contributed by atoms with E-state index in [2.05, 4.69) is 9.88 Å². The van der Waals surface area contributed by atoms with Gasteiger partial charge >= 0.3 is 0 Å². The number of nitrogens with two attached hydrogens (primary N) is 1. The van der Waals surface area contributed by atoms with Gasteiger partial charge in [-0.3, -0.25) is 19.3 Å². The van der Waals surface area contributed by atoms with Crippen LogP contribution in [0.1, 0.15) is 64.8 Å². The third-order valence-corrected chi connectivity index (χ3v) is 10.4. The molecule has 2 saturated heterocycles. The third-order valence-electron chi connectivity index (χ3n) is 10.4. The summed E-state index contributed by atoms with van der Waals surface area (Å²) in [5.41, 5.74) is 6.67. The highest BCUT2D eigenvalue weighted by Crippen LogP contribution is 2.62. The molecule has 4 fully saturated rings. The zero-order valence-electron chi connectivity index (χ0n) is 22.3. The summed E-state index contributed by atoms with van der Waals surface area (Å²) in [5, 5.41) is 23.3. The first-order valence-electron chi connectivity index (χ1n) is 14.2. The van der Waals surface area contributed by atoms with Crippen LogP contribution in [0.3, 0.4) is 0 Å². The largest absolute Gasteiger partial charge is 0.508 e. The van der Waals surface area contributed by atoms with E-state index in [0.717, 1.165) is 41.9 Å². The Hall–Kier alpha value is -3.17. The lowest BCUT2D eigenvalue weighted by molar-refractivity contribution is -0.121. The first-order valence-corrected chi connectivity index (χ1v) is 14.2. The van der Waals surface area contributed by atoms with Crippen molar-refractivity contribution in [1.82, 2.24) is 14.8 Å². The Kier molecular flexibility index (Phi) is 5.36. The van der Waals surface area contributed by atoms with Crippen LogP contribution in [0.2, 0.25) is 0 Å². The average Bonchev–Trinajstić information content (AvgIpc) is 3.50. The van der Waals surface area contributed by atoms with Gasteiger partial charge in [-0.05, 0) is 85.8 Å². The molecule has 0 spiro atoms. The molecule has 206 valence electrons. The maximum absolute atomic E-state index is 13.5. The molecule has 9 nitrogen and oxygen atoms in total. The summed E-state index contributed by atoms with van der Waals surface area (Å²) in [6, 6.07) is 6.27. The molecule has 0 radical (unpaired) electrons. The number of carbonyl (C=O) groups is 2. The second-order valence-corrected chi connectivity index (χ2v) is 12.7. The Morgan fingerprint density at radius 2 is 1.97 bits per heavy atom. The maximum Gasteiger partial charge on any atom is 0.261 e. The molecule has 3 aliphatic carbocycles. The zero-order chi connectivity index (χ0) is 27.3. The van der Waals surface area contributed by atoms with Crippen molar-refractivity contribution < 1.29 is 19.8 Å². The number of aromatic nitrogens is 1. The van der Waals surface area contributed by atoms with Crippen LogP contribution in [0.25, 0.3) is 0 Å². The molecule has 2 amide bonds. The van der Waals surface area contributed by atoms with E-state index in [4.69, 9.17) is 5.73 Å². The minimum Gasteiger partial charge on any atom is -0.508 e. The Morgan fingerprint density at radius 3 is 2.72 bits per heavy atom. The van der Waals surface area contributed by atoms with Gasteiger partial charge in [0.15, 0.2) is 0 Å². The third kappa shape index (κ3) is 3.55. The lowest BCUT2D eigenvalue weighted by atomic mass is 9.59. The molecule has 7 rings (SSSR count). The number of fused-ring (bicyclic) bond motifs is 4. The van der Waals surface area contributed by atoms with Crippen LogP contribution < -0.4 is 11.3 Å². The SMILES string of the molecule is Cc1ccc(O)cc1[C@@]12Cc3[nH]c(=O)c(C(=O)N4CCC[C@H]4C(N)=O)cc3C[C@@]1(O)[C@H]1C(CN1CC1CC1)C2. The Bertz CT molecular complexity index is 1450. The first-order chi connectivity index (χ1) is 18.6. The van der Waals surface area contributed by atoms with Gasteiger partial charge in [0.1, 0.15) is 17.4 Å². The average molecular weight is 533 g/mol. The van der Waals surface area contributed by atoms with Gasteiger partial charge in [0.2, 0.25) is 5.91 Å². The number of aryl methyl sites for hydroxylation is 1. The van der Waals surface area contributed by atoms with Crippen LogP contribution in [-0.4, -0.2) is 74.1 Å². The zero-order valence-corrected chi connectivity index (χ0v) is 22.3. The molecule has 5 aliphatic rings. The van der Waals surface area contributed by atoms with E-state index in [1.165, 1.54) is 17.7 Å². The molecule has 2 saturated carbocycles. The van der Waals surface area contributed by atoms with Crippen molar-refractivity contribution in [2.75, 3.05) is 19.6 Å². The summed E-state index contributed by atoms with van der Waals surface area (Å²) in [6.45, 7) is 4.33. The van der Waals surface area contributed by atoms with Gasteiger partial charge in [0.25, 0.3) is 11.5 Å². The van der Waals surface area contributed by atoms with E-state index in [9.17, 15) is 24.6 Å². The molecule has 0 bridgehead atoms. The fourth-order valence-electron chi connectivity index (χ4n) is 8.47. The Morgan fingerprint density at radius 1 is 1.18 bits per heavy atom. The monoisotopic (exact) mass is 532 g/mol. The predicted octanol–water partition coefficient (Wildman–Crippen LogP) is 1.36. The number of hydrogen-bond donors (Lipinski definition) is 4. The molecular formula is C30H36N4O5. The number of hydrogen-bond acceptors (Lipinski definition) is 6. The summed E-state index contributed by atoms with van der Waals surface area (Å²) in [4.78, 5) is 45.5. The molecule has 9 heteroatoms. The highest BCUT2D eigenvalue weighted by molar-refractivity contribution is 5.97. The van der Waals surface area contributed by atoms with Crippen molar-refractivity contribution in [3.05, 3.63) is 62.6 Å². The van der Waals surface area contributed by atoms with Crippen molar-refractivity contribution in [2.24, 2.45) is 17.6 Å². The van der Waals surface area contributed by atoms with Crippen LogP contribution in [0, 0.1) is 18.8 Å². The second-order valence-electron chi connectivity index (χ2n) is 12.7. The second kappa shape index (κ2) is 8.41. The van der Waals surface area contributed by atoms with E-state index < -0.39 is 34.4 Å². The number of nitrogens with zero attached hydrogens (tertiary/aromatic N) is 2. The number of amides is 2. The normalized spacial score (nSPS) is 33.3. The summed E-state index contributed by atoms with van der Waals surface area (Å²) >= 11 is 0. The van der Waals surface area contributed by atoms with Gasteiger partial charge < -0.3 is 25.8 Å². The number of carbonyl (C=O) groups excluding carboxylic acids is 2. The molecule has 1 unspecified atom stereocenters.